The second-order valence-electron chi connectivity index (χ2n) is 1.58. The van der Waals surface area contributed by atoms with Crippen LogP contribution in [-0.2, 0) is 4.79 Å². The van der Waals surface area contributed by atoms with Crippen molar-refractivity contribution in [3.63, 3.8) is 0 Å². The molecule has 0 aliphatic heterocycles. The zero-order valence-electron chi connectivity index (χ0n) is 5.64. The third kappa shape index (κ3) is 3.46. The standard InChI is InChI=1S/C6H10N2O.H2/c1-5(4-9)8-6(2)7-3;/h4H,1H2,2-3H3,(H,7,8);1H. The molecule has 1 N–H and O–H groups in total. The minimum atomic E-state index is 0. The van der Waals surface area contributed by atoms with E-state index in [-0.39, 0.29) is 1.43 Å². The normalized spacial score (nSPS) is 10.7. The van der Waals surface area contributed by atoms with E-state index in [1.807, 2.05) is 0 Å². The molecule has 0 rings (SSSR count). The number of nitrogens with one attached hydrogen (secondary N) is 1. The third-order valence-electron chi connectivity index (χ3n) is 0.819. The number of amidine groups is 1. The zero-order chi connectivity index (χ0) is 7.28. The maximum atomic E-state index is 9.94. The highest BCUT2D eigenvalue weighted by atomic mass is 16.1. The molecule has 0 fully saturated rings. The van der Waals surface area contributed by atoms with Gasteiger partial charge in [0.15, 0.2) is 6.29 Å². The van der Waals surface area contributed by atoms with E-state index in [9.17, 15) is 4.79 Å². The molecule has 0 aromatic carbocycles. The van der Waals surface area contributed by atoms with Crippen LogP contribution in [0.1, 0.15) is 8.35 Å². The Balaban J connectivity index is 0. The van der Waals surface area contributed by atoms with Crippen molar-refractivity contribution in [2.24, 2.45) is 4.99 Å². The molecular weight excluding hydrogens is 116 g/mol. The quantitative estimate of drug-likeness (QED) is 0.256. The molecule has 0 saturated heterocycles. The van der Waals surface area contributed by atoms with Crippen molar-refractivity contribution in [3.8, 4) is 0 Å². The first kappa shape index (κ1) is 7.88. The number of allylic oxidation sites excluding steroid dienone is 1. The molecule has 0 heterocycles. The van der Waals surface area contributed by atoms with E-state index >= 15 is 0 Å². The molecular formula is C6H12N2O. The fourth-order valence-corrected chi connectivity index (χ4v) is 0.318. The van der Waals surface area contributed by atoms with E-state index in [0.717, 1.165) is 0 Å². The van der Waals surface area contributed by atoms with Crippen molar-refractivity contribution in [2.75, 3.05) is 7.05 Å². The lowest BCUT2D eigenvalue weighted by molar-refractivity contribution is -0.105. The summed E-state index contributed by atoms with van der Waals surface area (Å²) in [5.41, 5.74) is 0.332. The highest BCUT2D eigenvalue weighted by molar-refractivity contribution is 5.87. The lowest BCUT2D eigenvalue weighted by Gasteiger charge is -1.99. The fourth-order valence-electron chi connectivity index (χ4n) is 0.318. The number of aldehydes is 1. The van der Waals surface area contributed by atoms with E-state index < -0.39 is 0 Å². The molecule has 9 heavy (non-hydrogen) atoms. The molecule has 0 amide bonds. The van der Waals surface area contributed by atoms with Gasteiger partial charge in [0, 0.05) is 8.47 Å². The summed E-state index contributed by atoms with van der Waals surface area (Å²) in [6.07, 6.45) is 0.648. The SMILES string of the molecule is C=C(C=O)NC(C)=NC.[HH]. The largest absolute Gasteiger partial charge is 0.342 e. The van der Waals surface area contributed by atoms with Crippen molar-refractivity contribution in [1.82, 2.24) is 5.32 Å². The number of carbonyl (C=O) groups is 1. The first-order valence-corrected chi connectivity index (χ1v) is 2.55. The molecule has 0 unspecified atom stereocenters. The first-order chi connectivity index (χ1) is 4.20. The summed E-state index contributed by atoms with van der Waals surface area (Å²) in [4.78, 5) is 13.7. The summed E-state index contributed by atoms with van der Waals surface area (Å²) >= 11 is 0. The average Bonchev–Trinajstić information content (AvgIpc) is 1.87. The molecule has 0 saturated carbocycles. The number of carbonyl (C=O) groups excluding carboxylic acids is 1. The van der Waals surface area contributed by atoms with Crippen LogP contribution in [0.15, 0.2) is 17.3 Å². The lowest BCUT2D eigenvalue weighted by atomic mass is 10.5. The van der Waals surface area contributed by atoms with Crippen LogP contribution in [0.3, 0.4) is 0 Å². The summed E-state index contributed by atoms with van der Waals surface area (Å²) in [7, 11) is 1.64. The van der Waals surface area contributed by atoms with Crippen LogP contribution >= 0.6 is 0 Å². The van der Waals surface area contributed by atoms with Crippen LogP contribution in [0.5, 0.6) is 0 Å². The molecule has 0 atom stereocenters. The topological polar surface area (TPSA) is 41.5 Å². The molecule has 0 spiro atoms. The van der Waals surface area contributed by atoms with Gasteiger partial charge >= 0.3 is 0 Å². The Kier molecular flexibility index (Phi) is 3.35. The second kappa shape index (κ2) is 3.83. The molecule has 52 valence electrons. The maximum Gasteiger partial charge on any atom is 0.165 e. The number of hydrogen-bond donors (Lipinski definition) is 1. The van der Waals surface area contributed by atoms with Gasteiger partial charge in [0.25, 0.3) is 0 Å². The van der Waals surface area contributed by atoms with Crippen LogP contribution < -0.4 is 5.32 Å². The van der Waals surface area contributed by atoms with Crippen molar-refractivity contribution < 1.29 is 6.22 Å². The minimum absolute atomic E-state index is 0. The van der Waals surface area contributed by atoms with Crippen molar-refractivity contribution >= 4 is 12.1 Å². The molecule has 0 aromatic rings. The van der Waals surface area contributed by atoms with Crippen LogP contribution in [-0.4, -0.2) is 19.2 Å². The summed E-state index contributed by atoms with van der Waals surface area (Å²) in [6, 6.07) is 0. The number of aliphatic imine (C=N–C) groups is 1. The highest BCUT2D eigenvalue weighted by Crippen LogP contribution is 1.76. The van der Waals surface area contributed by atoms with Gasteiger partial charge in [-0.1, -0.05) is 6.58 Å². The molecule has 3 nitrogen and oxygen atoms in total. The summed E-state index contributed by atoms with van der Waals surface area (Å²) in [5.74, 6) is 0.687. The maximum absolute atomic E-state index is 9.94. The van der Waals surface area contributed by atoms with Crippen LogP contribution in [0.2, 0.25) is 0 Å². The Labute approximate surface area is 56.0 Å². The molecule has 3 heteroatoms. The van der Waals surface area contributed by atoms with Gasteiger partial charge < -0.3 is 5.32 Å². The molecule has 0 aliphatic carbocycles. The van der Waals surface area contributed by atoms with E-state index in [4.69, 9.17) is 0 Å². The Morgan fingerprint density at radius 1 is 1.89 bits per heavy atom. The van der Waals surface area contributed by atoms with E-state index in [0.29, 0.717) is 17.8 Å². The van der Waals surface area contributed by atoms with Gasteiger partial charge in [0.1, 0.15) is 0 Å². The Hall–Kier alpha value is -1.12. The van der Waals surface area contributed by atoms with E-state index in [2.05, 4.69) is 16.9 Å². The summed E-state index contributed by atoms with van der Waals surface area (Å²) in [5, 5.41) is 2.67. The second-order valence-corrected chi connectivity index (χ2v) is 1.58. The van der Waals surface area contributed by atoms with Crippen molar-refractivity contribution in [3.05, 3.63) is 12.3 Å². The summed E-state index contributed by atoms with van der Waals surface area (Å²) in [6.45, 7) is 5.16. The van der Waals surface area contributed by atoms with E-state index in [1.165, 1.54) is 0 Å². The Bertz CT molecular complexity index is 154. The van der Waals surface area contributed by atoms with Crippen LogP contribution in [0.4, 0.5) is 0 Å². The predicted octanol–water partition coefficient (Wildman–Crippen LogP) is 0.583. The van der Waals surface area contributed by atoms with Crippen LogP contribution in [0.25, 0.3) is 0 Å². The molecule has 0 bridgehead atoms. The number of hydrogen-bond acceptors (Lipinski definition) is 2. The van der Waals surface area contributed by atoms with Gasteiger partial charge in [0.2, 0.25) is 0 Å². The molecule has 0 aliphatic rings. The average molecular weight is 128 g/mol. The predicted molar refractivity (Wildman–Crippen MR) is 39.5 cm³/mol. The van der Waals surface area contributed by atoms with Crippen molar-refractivity contribution in [2.45, 2.75) is 6.92 Å². The van der Waals surface area contributed by atoms with Gasteiger partial charge in [-0.3, -0.25) is 9.79 Å². The van der Waals surface area contributed by atoms with Gasteiger partial charge in [-0.25, -0.2) is 0 Å². The zero-order valence-corrected chi connectivity index (χ0v) is 5.64. The molecule has 0 radical (unpaired) electrons. The third-order valence-corrected chi connectivity index (χ3v) is 0.819. The van der Waals surface area contributed by atoms with E-state index in [1.54, 1.807) is 14.0 Å². The highest BCUT2D eigenvalue weighted by Gasteiger charge is 1.88. The van der Waals surface area contributed by atoms with Gasteiger partial charge in [-0.2, -0.15) is 0 Å². The van der Waals surface area contributed by atoms with Crippen molar-refractivity contribution in [1.29, 1.82) is 0 Å². The Morgan fingerprint density at radius 3 is 2.78 bits per heavy atom. The van der Waals surface area contributed by atoms with Gasteiger partial charge in [0.05, 0.1) is 11.5 Å². The first-order valence-electron chi connectivity index (χ1n) is 2.55. The smallest absolute Gasteiger partial charge is 0.165 e. The van der Waals surface area contributed by atoms with Crippen LogP contribution in [0, 0.1) is 0 Å². The monoisotopic (exact) mass is 128 g/mol. The fraction of sp³-hybridized carbons (Fsp3) is 0.333. The summed E-state index contributed by atoms with van der Waals surface area (Å²) < 4.78 is 0. The Morgan fingerprint density at radius 2 is 2.44 bits per heavy atom. The molecule has 0 aromatic heterocycles. The number of nitrogens with zero attached hydrogens (tertiary/aromatic N) is 1. The van der Waals surface area contributed by atoms with Gasteiger partial charge in [-0.05, 0) is 6.92 Å². The van der Waals surface area contributed by atoms with Gasteiger partial charge in [-0.15, -0.1) is 0 Å². The number of rotatable bonds is 2. The minimum Gasteiger partial charge on any atom is -0.342 e. The lowest BCUT2D eigenvalue weighted by Crippen LogP contribution is -2.19.